The minimum atomic E-state index is -3.90. The molecule has 0 N–H and O–H groups in total. The molecular weight excluding hydrogens is 409 g/mol. The first kappa shape index (κ1) is 20.4. The Labute approximate surface area is 174 Å². The van der Waals surface area contributed by atoms with E-state index in [1.165, 1.54) is 19.2 Å². The van der Waals surface area contributed by atoms with Gasteiger partial charge < -0.3 is 4.90 Å². The fraction of sp³-hybridized carbons (Fsp3) is 0.350. The molecule has 1 amide bonds. The van der Waals surface area contributed by atoms with Gasteiger partial charge >= 0.3 is 0 Å². The summed E-state index contributed by atoms with van der Waals surface area (Å²) in [6.07, 6.45) is 3.27. The Hall–Kier alpha value is -2.85. The molecule has 158 valence electrons. The van der Waals surface area contributed by atoms with Gasteiger partial charge in [-0.2, -0.15) is 9.40 Å². The van der Waals surface area contributed by atoms with Crippen molar-refractivity contribution in [2.75, 3.05) is 20.1 Å². The maximum Gasteiger partial charge on any atom is 0.243 e. The molecule has 1 aliphatic rings. The second-order valence-corrected chi connectivity index (χ2v) is 9.43. The summed E-state index contributed by atoms with van der Waals surface area (Å²) in [5.41, 5.74) is 2.39. The molecule has 30 heavy (non-hydrogen) atoms. The molecular formula is C20H22FN5O3S. The van der Waals surface area contributed by atoms with Crippen molar-refractivity contribution in [2.24, 2.45) is 0 Å². The van der Waals surface area contributed by atoms with E-state index in [4.69, 9.17) is 0 Å². The summed E-state index contributed by atoms with van der Waals surface area (Å²) >= 11 is 0. The Bertz CT molecular complexity index is 1190. The summed E-state index contributed by atoms with van der Waals surface area (Å²) in [4.78, 5) is 19.0. The number of sulfonamides is 1. The highest BCUT2D eigenvalue weighted by Gasteiger charge is 2.34. The Morgan fingerprint density at radius 2 is 2.00 bits per heavy atom. The zero-order valence-corrected chi connectivity index (χ0v) is 17.5. The average Bonchev–Trinajstić information content (AvgIpc) is 3.33. The van der Waals surface area contributed by atoms with Gasteiger partial charge in [-0.25, -0.2) is 22.3 Å². The van der Waals surface area contributed by atoms with Gasteiger partial charge in [-0.1, -0.05) is 0 Å². The molecule has 8 nitrogen and oxygen atoms in total. The number of amides is 1. The van der Waals surface area contributed by atoms with E-state index in [1.54, 1.807) is 15.6 Å². The summed E-state index contributed by atoms with van der Waals surface area (Å²) in [5, 5.41) is 4.48. The van der Waals surface area contributed by atoms with Gasteiger partial charge in [0.25, 0.3) is 0 Å². The number of aryl methyl sites for hydroxylation is 1. The number of carbonyl (C=O) groups excluding carboxylic acids is 1. The third-order valence-electron chi connectivity index (χ3n) is 5.30. The molecule has 1 fully saturated rings. The number of rotatable bonds is 5. The largest absolute Gasteiger partial charge is 0.333 e. The zero-order valence-electron chi connectivity index (χ0n) is 16.7. The smallest absolute Gasteiger partial charge is 0.243 e. The number of nitrogens with zero attached hydrogens (tertiary/aromatic N) is 5. The fourth-order valence-corrected chi connectivity index (χ4v) is 4.93. The number of likely N-dealkylation sites (N-methyl/N-ethyl adjacent to an activating group) is 1. The highest BCUT2D eigenvalue weighted by Crippen LogP contribution is 2.32. The van der Waals surface area contributed by atoms with Crippen LogP contribution in [0.3, 0.4) is 0 Å². The predicted molar refractivity (Wildman–Crippen MR) is 108 cm³/mol. The van der Waals surface area contributed by atoms with E-state index in [9.17, 15) is 17.6 Å². The molecule has 0 spiro atoms. The van der Waals surface area contributed by atoms with Crippen LogP contribution in [0.2, 0.25) is 0 Å². The molecule has 10 heteroatoms. The molecule has 4 rings (SSSR count). The van der Waals surface area contributed by atoms with Crippen LogP contribution in [0, 0.1) is 12.7 Å². The van der Waals surface area contributed by atoms with Gasteiger partial charge in [-0.3, -0.25) is 4.79 Å². The number of benzene rings is 1. The lowest BCUT2D eigenvalue weighted by Gasteiger charge is -2.27. The maximum atomic E-state index is 13.1. The lowest BCUT2D eigenvalue weighted by atomic mass is 10.1. The fourth-order valence-electron chi connectivity index (χ4n) is 3.81. The minimum absolute atomic E-state index is 0.0555. The third kappa shape index (κ3) is 3.68. The lowest BCUT2D eigenvalue weighted by molar-refractivity contribution is -0.132. The predicted octanol–water partition coefficient (Wildman–Crippen LogP) is 2.16. The number of likely N-dealkylation sites (tertiary alicyclic amines) is 1. The summed E-state index contributed by atoms with van der Waals surface area (Å²) < 4.78 is 41.3. The Balaban J connectivity index is 1.56. The molecule has 1 atom stereocenters. The number of halogens is 1. The molecule has 0 unspecified atom stereocenters. The van der Waals surface area contributed by atoms with E-state index >= 15 is 0 Å². The molecule has 0 radical (unpaired) electrons. The van der Waals surface area contributed by atoms with E-state index in [-0.39, 0.29) is 23.4 Å². The van der Waals surface area contributed by atoms with Crippen LogP contribution in [0.4, 0.5) is 4.39 Å². The van der Waals surface area contributed by atoms with Gasteiger partial charge in [0.05, 0.1) is 28.9 Å². The number of hydrogen-bond acceptors (Lipinski definition) is 5. The molecule has 3 aromatic rings. The van der Waals surface area contributed by atoms with Crippen molar-refractivity contribution in [1.82, 2.24) is 23.8 Å². The van der Waals surface area contributed by atoms with Gasteiger partial charge in [0.1, 0.15) is 5.82 Å². The molecule has 1 saturated heterocycles. The summed E-state index contributed by atoms with van der Waals surface area (Å²) in [6.45, 7) is 2.12. The van der Waals surface area contributed by atoms with E-state index in [2.05, 4.69) is 10.1 Å². The molecule has 3 heterocycles. The van der Waals surface area contributed by atoms with Crippen molar-refractivity contribution in [3.8, 4) is 0 Å². The van der Waals surface area contributed by atoms with Crippen molar-refractivity contribution in [3.63, 3.8) is 0 Å². The van der Waals surface area contributed by atoms with Crippen LogP contribution in [0.5, 0.6) is 0 Å². The van der Waals surface area contributed by atoms with Crippen LogP contribution >= 0.6 is 0 Å². The zero-order chi connectivity index (χ0) is 21.5. The second-order valence-electron chi connectivity index (χ2n) is 7.39. The van der Waals surface area contributed by atoms with Crippen LogP contribution < -0.4 is 0 Å². The Kier molecular flexibility index (Phi) is 5.29. The van der Waals surface area contributed by atoms with E-state index < -0.39 is 15.8 Å². The molecule has 1 aliphatic heterocycles. The van der Waals surface area contributed by atoms with Crippen molar-refractivity contribution >= 4 is 21.6 Å². The van der Waals surface area contributed by atoms with Crippen molar-refractivity contribution in [3.05, 3.63) is 59.8 Å². The second kappa shape index (κ2) is 7.77. The highest BCUT2D eigenvalue weighted by molar-refractivity contribution is 7.89. The maximum absolute atomic E-state index is 13.1. The molecule has 0 aliphatic carbocycles. The average molecular weight is 431 g/mol. The molecule has 1 aromatic carbocycles. The first-order valence-corrected chi connectivity index (χ1v) is 11.0. The Morgan fingerprint density at radius 3 is 2.73 bits per heavy atom. The van der Waals surface area contributed by atoms with Crippen LogP contribution in [-0.4, -0.2) is 58.3 Å². The lowest BCUT2D eigenvalue weighted by Crippen LogP contribution is -2.41. The van der Waals surface area contributed by atoms with Gasteiger partial charge in [0, 0.05) is 25.9 Å². The highest BCUT2D eigenvalue weighted by atomic mass is 32.2. The number of aromatic nitrogens is 3. The molecule has 0 saturated carbocycles. The SMILES string of the molecule is Cc1cc2nccc([C@@H]3CCCN3C(=O)CN(C)S(=O)(=O)c3ccc(F)cc3)n2n1. The van der Waals surface area contributed by atoms with Crippen LogP contribution in [0.25, 0.3) is 5.65 Å². The summed E-state index contributed by atoms with van der Waals surface area (Å²) in [6, 6.07) is 8.06. The topological polar surface area (TPSA) is 87.9 Å². The number of carbonyl (C=O) groups is 1. The van der Waals surface area contributed by atoms with Crippen molar-refractivity contribution in [2.45, 2.75) is 30.7 Å². The van der Waals surface area contributed by atoms with Gasteiger partial charge in [-0.05, 0) is 50.1 Å². The van der Waals surface area contributed by atoms with Crippen molar-refractivity contribution in [1.29, 1.82) is 0 Å². The van der Waals surface area contributed by atoms with Crippen LogP contribution in [0.15, 0.2) is 47.5 Å². The summed E-state index contributed by atoms with van der Waals surface area (Å²) in [7, 11) is -2.55. The summed E-state index contributed by atoms with van der Waals surface area (Å²) in [5.74, 6) is -0.815. The van der Waals surface area contributed by atoms with E-state index in [0.29, 0.717) is 12.2 Å². The van der Waals surface area contributed by atoms with E-state index in [0.717, 1.165) is 40.7 Å². The van der Waals surface area contributed by atoms with Gasteiger partial charge in [0.15, 0.2) is 5.65 Å². The third-order valence-corrected chi connectivity index (χ3v) is 7.12. The standard InChI is InChI=1S/C20H22FN5O3S/c1-14-12-19-22-10-9-18(26(19)23-14)17-4-3-11-25(17)20(27)13-24(2)30(28,29)16-7-5-15(21)6-8-16/h5-10,12,17H,3-4,11,13H2,1-2H3/t17-/m0/s1. The number of hydrogen-bond donors (Lipinski definition) is 0. The van der Waals surface area contributed by atoms with Crippen LogP contribution in [0.1, 0.15) is 30.3 Å². The number of fused-ring (bicyclic) bond motifs is 1. The first-order valence-electron chi connectivity index (χ1n) is 9.60. The Morgan fingerprint density at radius 1 is 1.27 bits per heavy atom. The molecule has 2 aromatic heterocycles. The monoisotopic (exact) mass is 431 g/mol. The van der Waals surface area contributed by atoms with Gasteiger partial charge in [-0.15, -0.1) is 0 Å². The van der Waals surface area contributed by atoms with E-state index in [1.807, 2.05) is 19.1 Å². The quantitative estimate of drug-likeness (QED) is 0.618. The van der Waals surface area contributed by atoms with Crippen LogP contribution in [-0.2, 0) is 14.8 Å². The van der Waals surface area contributed by atoms with Gasteiger partial charge in [0.2, 0.25) is 15.9 Å². The molecule has 0 bridgehead atoms. The van der Waals surface area contributed by atoms with Crippen molar-refractivity contribution < 1.29 is 17.6 Å². The minimum Gasteiger partial charge on any atom is -0.333 e. The normalized spacial score (nSPS) is 17.2. The first-order chi connectivity index (χ1) is 14.3.